The SMILES string of the molecule is CC1OCCC1(CNC1CC1)Cc1cc(Br)ccc1F. The van der Waals surface area contributed by atoms with E-state index in [1.807, 2.05) is 6.07 Å². The molecule has 2 atom stereocenters. The summed E-state index contributed by atoms with van der Waals surface area (Å²) in [7, 11) is 0. The summed E-state index contributed by atoms with van der Waals surface area (Å²) in [6.45, 7) is 3.82. The summed E-state index contributed by atoms with van der Waals surface area (Å²) < 4.78 is 20.8. The molecule has 1 aromatic carbocycles. The summed E-state index contributed by atoms with van der Waals surface area (Å²) >= 11 is 3.44. The van der Waals surface area contributed by atoms with Crippen LogP contribution in [0.5, 0.6) is 0 Å². The Morgan fingerprint density at radius 2 is 2.25 bits per heavy atom. The van der Waals surface area contributed by atoms with Crippen molar-refractivity contribution in [2.45, 2.75) is 44.8 Å². The van der Waals surface area contributed by atoms with Crippen LogP contribution in [-0.2, 0) is 11.2 Å². The number of benzene rings is 1. The highest BCUT2D eigenvalue weighted by molar-refractivity contribution is 9.10. The second-order valence-corrected chi connectivity index (χ2v) is 7.11. The zero-order chi connectivity index (χ0) is 14.2. The lowest BCUT2D eigenvalue weighted by molar-refractivity contribution is 0.0624. The van der Waals surface area contributed by atoms with Gasteiger partial charge in [0.15, 0.2) is 0 Å². The second-order valence-electron chi connectivity index (χ2n) is 6.19. The van der Waals surface area contributed by atoms with Crippen LogP contribution in [0.15, 0.2) is 22.7 Å². The van der Waals surface area contributed by atoms with E-state index >= 15 is 0 Å². The molecule has 4 heteroatoms. The van der Waals surface area contributed by atoms with Gasteiger partial charge in [-0.1, -0.05) is 15.9 Å². The highest BCUT2D eigenvalue weighted by atomic mass is 79.9. The Morgan fingerprint density at radius 1 is 1.45 bits per heavy atom. The molecule has 0 spiro atoms. The van der Waals surface area contributed by atoms with E-state index in [4.69, 9.17) is 4.74 Å². The molecule has 1 saturated carbocycles. The minimum absolute atomic E-state index is 0.0181. The molecule has 1 saturated heterocycles. The van der Waals surface area contributed by atoms with Crippen LogP contribution in [0.4, 0.5) is 4.39 Å². The molecule has 2 unspecified atom stereocenters. The Bertz CT molecular complexity index is 491. The lowest BCUT2D eigenvalue weighted by atomic mass is 9.76. The van der Waals surface area contributed by atoms with Gasteiger partial charge in [0, 0.05) is 29.1 Å². The quantitative estimate of drug-likeness (QED) is 0.881. The van der Waals surface area contributed by atoms with Crippen LogP contribution in [0, 0.1) is 11.2 Å². The lowest BCUT2D eigenvalue weighted by Gasteiger charge is -2.33. The van der Waals surface area contributed by atoms with Crippen LogP contribution in [0.25, 0.3) is 0 Å². The van der Waals surface area contributed by atoms with E-state index in [0.717, 1.165) is 36.0 Å². The minimum Gasteiger partial charge on any atom is -0.378 e. The van der Waals surface area contributed by atoms with Crippen LogP contribution in [-0.4, -0.2) is 25.3 Å². The molecule has 1 aromatic rings. The number of nitrogens with one attached hydrogen (secondary N) is 1. The third kappa shape index (κ3) is 3.07. The average molecular weight is 342 g/mol. The Labute approximate surface area is 128 Å². The Kier molecular flexibility index (Phi) is 4.16. The minimum atomic E-state index is -0.113. The van der Waals surface area contributed by atoms with Gasteiger partial charge in [0.25, 0.3) is 0 Å². The number of halogens is 2. The molecule has 2 fully saturated rings. The number of ether oxygens (including phenoxy) is 1. The first-order valence-electron chi connectivity index (χ1n) is 7.38. The Hall–Kier alpha value is -0.450. The van der Waals surface area contributed by atoms with E-state index < -0.39 is 0 Å². The molecule has 0 aromatic heterocycles. The van der Waals surface area contributed by atoms with Crippen molar-refractivity contribution in [3.05, 3.63) is 34.1 Å². The van der Waals surface area contributed by atoms with Crippen molar-refractivity contribution >= 4 is 15.9 Å². The van der Waals surface area contributed by atoms with Gasteiger partial charge in [-0.15, -0.1) is 0 Å². The standard InChI is InChI=1S/C16H21BrFNO/c1-11-16(6-7-20-11,10-19-14-3-4-14)9-12-8-13(17)2-5-15(12)18/h2,5,8,11,14,19H,3-4,6-7,9-10H2,1H3. The molecule has 0 amide bonds. The van der Waals surface area contributed by atoms with Gasteiger partial charge in [0.2, 0.25) is 0 Å². The lowest BCUT2D eigenvalue weighted by Crippen LogP contribution is -2.42. The van der Waals surface area contributed by atoms with E-state index in [0.29, 0.717) is 6.04 Å². The molecule has 110 valence electrons. The van der Waals surface area contributed by atoms with E-state index in [-0.39, 0.29) is 17.3 Å². The largest absolute Gasteiger partial charge is 0.378 e. The molecule has 0 bridgehead atoms. The monoisotopic (exact) mass is 341 g/mol. The molecule has 20 heavy (non-hydrogen) atoms. The van der Waals surface area contributed by atoms with Gasteiger partial charge >= 0.3 is 0 Å². The molecule has 1 N–H and O–H groups in total. The normalized spacial score (nSPS) is 29.9. The molecular weight excluding hydrogens is 321 g/mol. The summed E-state index contributed by atoms with van der Waals surface area (Å²) in [4.78, 5) is 0. The molecule has 1 aliphatic heterocycles. The number of rotatable bonds is 5. The maximum atomic E-state index is 14.0. The van der Waals surface area contributed by atoms with Crippen LogP contribution < -0.4 is 5.32 Å². The highest BCUT2D eigenvalue weighted by Gasteiger charge is 2.42. The smallest absolute Gasteiger partial charge is 0.126 e. The first-order valence-corrected chi connectivity index (χ1v) is 8.17. The molecular formula is C16H21BrFNO. The van der Waals surface area contributed by atoms with Crippen molar-refractivity contribution in [3.63, 3.8) is 0 Å². The van der Waals surface area contributed by atoms with E-state index in [1.54, 1.807) is 12.1 Å². The fraction of sp³-hybridized carbons (Fsp3) is 0.625. The summed E-state index contributed by atoms with van der Waals surface area (Å²) in [5, 5.41) is 3.61. The van der Waals surface area contributed by atoms with Gasteiger partial charge in [-0.3, -0.25) is 0 Å². The third-order valence-corrected chi connectivity index (χ3v) is 5.19. The van der Waals surface area contributed by atoms with Crippen molar-refractivity contribution in [2.24, 2.45) is 5.41 Å². The fourth-order valence-corrected chi connectivity index (χ4v) is 3.45. The molecule has 1 aliphatic carbocycles. The molecule has 0 radical (unpaired) electrons. The van der Waals surface area contributed by atoms with Crippen molar-refractivity contribution in [2.75, 3.05) is 13.2 Å². The summed E-state index contributed by atoms with van der Waals surface area (Å²) in [6, 6.07) is 5.87. The fourth-order valence-electron chi connectivity index (χ4n) is 3.04. The highest BCUT2D eigenvalue weighted by Crippen LogP contribution is 2.39. The third-order valence-electron chi connectivity index (χ3n) is 4.70. The first kappa shape index (κ1) is 14.5. The van der Waals surface area contributed by atoms with Crippen LogP contribution in [0.2, 0.25) is 0 Å². The topological polar surface area (TPSA) is 21.3 Å². The second kappa shape index (κ2) is 5.74. The van der Waals surface area contributed by atoms with Gasteiger partial charge in [0.1, 0.15) is 5.82 Å². The van der Waals surface area contributed by atoms with Gasteiger partial charge < -0.3 is 10.1 Å². The van der Waals surface area contributed by atoms with Crippen molar-refractivity contribution in [3.8, 4) is 0 Å². The van der Waals surface area contributed by atoms with Crippen LogP contribution in [0.3, 0.4) is 0 Å². The summed E-state index contributed by atoms with van der Waals surface area (Å²) in [5.74, 6) is -0.113. The number of hydrogen-bond acceptors (Lipinski definition) is 2. The zero-order valence-electron chi connectivity index (χ0n) is 11.8. The van der Waals surface area contributed by atoms with E-state index in [1.165, 1.54) is 12.8 Å². The molecule has 3 rings (SSSR count). The molecule has 1 heterocycles. The number of hydrogen-bond donors (Lipinski definition) is 1. The average Bonchev–Trinajstić information content (AvgIpc) is 3.18. The van der Waals surface area contributed by atoms with Crippen molar-refractivity contribution in [1.82, 2.24) is 5.32 Å². The summed E-state index contributed by atoms with van der Waals surface area (Å²) in [6.07, 6.45) is 4.46. The van der Waals surface area contributed by atoms with Gasteiger partial charge in [-0.05, 0) is 56.4 Å². The zero-order valence-corrected chi connectivity index (χ0v) is 13.4. The predicted molar refractivity (Wildman–Crippen MR) is 81.3 cm³/mol. The van der Waals surface area contributed by atoms with E-state index in [9.17, 15) is 4.39 Å². The van der Waals surface area contributed by atoms with Crippen molar-refractivity contribution < 1.29 is 9.13 Å². The van der Waals surface area contributed by atoms with Crippen molar-refractivity contribution in [1.29, 1.82) is 0 Å². The molecule has 2 aliphatic rings. The maximum Gasteiger partial charge on any atom is 0.126 e. The predicted octanol–water partition coefficient (Wildman–Crippen LogP) is 3.68. The van der Waals surface area contributed by atoms with E-state index in [2.05, 4.69) is 28.2 Å². The summed E-state index contributed by atoms with van der Waals surface area (Å²) in [5.41, 5.74) is 0.804. The van der Waals surface area contributed by atoms with Gasteiger partial charge in [-0.25, -0.2) is 4.39 Å². The van der Waals surface area contributed by atoms with Crippen LogP contribution in [0.1, 0.15) is 31.7 Å². The van der Waals surface area contributed by atoms with Crippen LogP contribution >= 0.6 is 15.9 Å². The van der Waals surface area contributed by atoms with Gasteiger partial charge in [-0.2, -0.15) is 0 Å². The maximum absolute atomic E-state index is 14.0. The Morgan fingerprint density at radius 3 is 2.90 bits per heavy atom. The molecule has 2 nitrogen and oxygen atoms in total. The van der Waals surface area contributed by atoms with Gasteiger partial charge in [0.05, 0.1) is 6.10 Å². The first-order chi connectivity index (χ1) is 9.59. The Balaban J connectivity index is 1.79.